The van der Waals surface area contributed by atoms with Gasteiger partial charge in [0.05, 0.1) is 19.3 Å². The lowest BCUT2D eigenvalue weighted by Gasteiger charge is -2.31. The van der Waals surface area contributed by atoms with Crippen molar-refractivity contribution < 1.29 is 17.9 Å². The maximum atomic E-state index is 12.4. The van der Waals surface area contributed by atoms with Gasteiger partial charge in [0.25, 0.3) is 0 Å². The van der Waals surface area contributed by atoms with Crippen LogP contribution in [-0.2, 0) is 21.1 Å². The smallest absolute Gasteiger partial charge is 0.227 e. The third-order valence-corrected chi connectivity index (χ3v) is 5.12. The minimum absolute atomic E-state index is 0.0716. The molecular weight excluding hydrogens is 302 g/mol. The second-order valence-electron chi connectivity index (χ2n) is 5.91. The fraction of sp³-hybridized carbons (Fsp3) is 0.562. The number of para-hydroxylation sites is 1. The lowest BCUT2D eigenvalue weighted by molar-refractivity contribution is -0.131. The van der Waals surface area contributed by atoms with Gasteiger partial charge in [-0.1, -0.05) is 18.2 Å². The van der Waals surface area contributed by atoms with E-state index in [0.29, 0.717) is 19.5 Å². The maximum absolute atomic E-state index is 12.4. The third-order valence-electron chi connectivity index (χ3n) is 4.04. The summed E-state index contributed by atoms with van der Waals surface area (Å²) in [4.78, 5) is 14.2. The number of hydrogen-bond donors (Lipinski definition) is 0. The molecule has 1 saturated heterocycles. The SMILES string of the molecule is COc1ccccc1CC(=O)N1CCC(CS(C)(=O)=O)CC1. The van der Waals surface area contributed by atoms with E-state index in [4.69, 9.17) is 4.74 Å². The first kappa shape index (κ1) is 16.8. The zero-order valence-electron chi connectivity index (χ0n) is 13.1. The zero-order valence-corrected chi connectivity index (χ0v) is 13.9. The summed E-state index contributed by atoms with van der Waals surface area (Å²) < 4.78 is 27.9. The Balaban J connectivity index is 1.90. The van der Waals surface area contributed by atoms with Gasteiger partial charge in [-0.25, -0.2) is 8.42 Å². The van der Waals surface area contributed by atoms with Crippen molar-refractivity contribution in [3.63, 3.8) is 0 Å². The van der Waals surface area contributed by atoms with Gasteiger partial charge in [-0.15, -0.1) is 0 Å². The fourth-order valence-corrected chi connectivity index (χ4v) is 4.09. The molecule has 0 unspecified atom stereocenters. The molecule has 0 aliphatic carbocycles. The first-order valence-corrected chi connectivity index (χ1v) is 9.52. The first-order valence-electron chi connectivity index (χ1n) is 7.46. The first-order chi connectivity index (χ1) is 10.4. The zero-order chi connectivity index (χ0) is 16.2. The predicted molar refractivity (Wildman–Crippen MR) is 85.7 cm³/mol. The van der Waals surface area contributed by atoms with E-state index >= 15 is 0 Å². The van der Waals surface area contributed by atoms with E-state index in [0.717, 1.165) is 24.2 Å². The predicted octanol–water partition coefficient (Wildman–Crippen LogP) is 1.52. The van der Waals surface area contributed by atoms with Crippen LogP contribution >= 0.6 is 0 Å². The van der Waals surface area contributed by atoms with Crippen molar-refractivity contribution in [1.82, 2.24) is 4.90 Å². The van der Waals surface area contributed by atoms with Gasteiger partial charge in [-0.05, 0) is 24.8 Å². The number of likely N-dealkylation sites (tertiary alicyclic amines) is 1. The molecular formula is C16H23NO4S. The molecule has 6 heteroatoms. The van der Waals surface area contributed by atoms with E-state index in [1.807, 2.05) is 29.2 Å². The average molecular weight is 325 g/mol. The van der Waals surface area contributed by atoms with Crippen molar-refractivity contribution in [3.8, 4) is 5.75 Å². The van der Waals surface area contributed by atoms with Crippen molar-refractivity contribution in [2.24, 2.45) is 5.92 Å². The van der Waals surface area contributed by atoms with Crippen LogP contribution in [0.1, 0.15) is 18.4 Å². The highest BCUT2D eigenvalue weighted by Crippen LogP contribution is 2.22. The molecule has 0 bridgehead atoms. The number of methoxy groups -OCH3 is 1. The Morgan fingerprint density at radius 1 is 1.27 bits per heavy atom. The number of hydrogen-bond acceptors (Lipinski definition) is 4. The third kappa shape index (κ3) is 4.73. The molecule has 0 atom stereocenters. The largest absolute Gasteiger partial charge is 0.496 e. The second kappa shape index (κ2) is 7.13. The van der Waals surface area contributed by atoms with Gasteiger partial charge >= 0.3 is 0 Å². The summed E-state index contributed by atoms with van der Waals surface area (Å²) in [7, 11) is -1.34. The highest BCUT2D eigenvalue weighted by molar-refractivity contribution is 7.90. The number of nitrogens with zero attached hydrogens (tertiary/aromatic N) is 1. The number of piperidine rings is 1. The molecule has 1 heterocycles. The van der Waals surface area contributed by atoms with E-state index in [1.54, 1.807) is 7.11 Å². The Kier molecular flexibility index (Phi) is 5.45. The van der Waals surface area contributed by atoms with E-state index in [2.05, 4.69) is 0 Å². The molecule has 122 valence electrons. The van der Waals surface area contributed by atoms with Gasteiger partial charge in [0.2, 0.25) is 5.91 Å². The van der Waals surface area contributed by atoms with Crippen molar-refractivity contribution in [3.05, 3.63) is 29.8 Å². The summed E-state index contributed by atoms with van der Waals surface area (Å²) in [5.74, 6) is 1.19. The summed E-state index contributed by atoms with van der Waals surface area (Å²) in [6.45, 7) is 1.27. The van der Waals surface area contributed by atoms with Crippen LogP contribution in [0.5, 0.6) is 5.75 Å². The average Bonchev–Trinajstić information content (AvgIpc) is 2.47. The monoisotopic (exact) mass is 325 g/mol. The fourth-order valence-electron chi connectivity index (χ4n) is 2.90. The minimum atomic E-state index is -2.94. The van der Waals surface area contributed by atoms with Crippen molar-refractivity contribution >= 4 is 15.7 Å². The molecule has 0 saturated carbocycles. The molecule has 0 aromatic heterocycles. The Morgan fingerprint density at radius 3 is 2.50 bits per heavy atom. The summed E-state index contributed by atoms with van der Waals surface area (Å²) in [5.41, 5.74) is 0.883. The molecule has 0 N–H and O–H groups in total. The van der Waals surface area contributed by atoms with E-state index in [9.17, 15) is 13.2 Å². The van der Waals surface area contributed by atoms with Crippen LogP contribution < -0.4 is 4.74 Å². The van der Waals surface area contributed by atoms with E-state index in [1.165, 1.54) is 6.26 Å². The van der Waals surface area contributed by atoms with Crippen LogP contribution in [0.2, 0.25) is 0 Å². The van der Waals surface area contributed by atoms with Crippen molar-refractivity contribution in [1.29, 1.82) is 0 Å². The molecule has 2 rings (SSSR count). The van der Waals surface area contributed by atoms with Crippen LogP contribution in [0.25, 0.3) is 0 Å². The molecule has 1 fully saturated rings. The molecule has 1 aliphatic heterocycles. The lowest BCUT2D eigenvalue weighted by Crippen LogP contribution is -2.40. The molecule has 1 aromatic carbocycles. The summed E-state index contributed by atoms with van der Waals surface area (Å²) in [6, 6.07) is 7.51. The highest BCUT2D eigenvalue weighted by Gasteiger charge is 2.25. The Bertz CT molecular complexity index is 619. The second-order valence-corrected chi connectivity index (χ2v) is 8.09. The number of amides is 1. The summed E-state index contributed by atoms with van der Waals surface area (Å²) in [5, 5.41) is 0. The van der Waals surface area contributed by atoms with Crippen LogP contribution in [0, 0.1) is 5.92 Å². The summed E-state index contributed by atoms with van der Waals surface area (Å²) in [6.07, 6.45) is 3.10. The van der Waals surface area contributed by atoms with Crippen molar-refractivity contribution in [2.75, 3.05) is 32.2 Å². The molecule has 0 spiro atoms. The summed E-state index contributed by atoms with van der Waals surface area (Å²) >= 11 is 0. The number of carbonyl (C=O) groups is 1. The normalized spacial score (nSPS) is 16.5. The van der Waals surface area contributed by atoms with Crippen LogP contribution in [0.3, 0.4) is 0 Å². The minimum Gasteiger partial charge on any atom is -0.496 e. The van der Waals surface area contributed by atoms with E-state index < -0.39 is 9.84 Å². The Labute approximate surface area is 132 Å². The van der Waals surface area contributed by atoms with Gasteiger partial charge in [0, 0.05) is 24.9 Å². The van der Waals surface area contributed by atoms with Gasteiger partial charge in [0.1, 0.15) is 15.6 Å². The van der Waals surface area contributed by atoms with Crippen molar-refractivity contribution in [2.45, 2.75) is 19.3 Å². The van der Waals surface area contributed by atoms with Crippen LogP contribution in [0.4, 0.5) is 0 Å². The molecule has 22 heavy (non-hydrogen) atoms. The number of rotatable bonds is 5. The Morgan fingerprint density at radius 2 is 1.91 bits per heavy atom. The van der Waals surface area contributed by atoms with Gasteiger partial charge < -0.3 is 9.64 Å². The molecule has 0 radical (unpaired) electrons. The molecule has 5 nitrogen and oxygen atoms in total. The topological polar surface area (TPSA) is 63.7 Å². The molecule has 1 aliphatic rings. The number of ether oxygens (including phenoxy) is 1. The van der Waals surface area contributed by atoms with Crippen LogP contribution in [0.15, 0.2) is 24.3 Å². The standard InChI is InChI=1S/C16H23NO4S/c1-21-15-6-4-3-5-14(15)11-16(18)17-9-7-13(8-10-17)12-22(2,19)20/h3-6,13H,7-12H2,1-2H3. The van der Waals surface area contributed by atoms with E-state index in [-0.39, 0.29) is 17.6 Å². The maximum Gasteiger partial charge on any atom is 0.227 e. The highest BCUT2D eigenvalue weighted by atomic mass is 32.2. The van der Waals surface area contributed by atoms with Gasteiger partial charge in [-0.2, -0.15) is 0 Å². The van der Waals surface area contributed by atoms with Gasteiger partial charge in [-0.3, -0.25) is 4.79 Å². The molecule has 1 amide bonds. The lowest BCUT2D eigenvalue weighted by atomic mass is 9.98. The Hall–Kier alpha value is -1.56. The quantitative estimate of drug-likeness (QED) is 0.823. The van der Waals surface area contributed by atoms with Gasteiger partial charge in [0.15, 0.2) is 0 Å². The molecule has 1 aromatic rings. The van der Waals surface area contributed by atoms with Crippen LogP contribution in [-0.4, -0.2) is 51.4 Å². The number of benzene rings is 1. The number of sulfone groups is 1. The number of carbonyl (C=O) groups excluding carboxylic acids is 1.